The van der Waals surface area contributed by atoms with Crippen molar-refractivity contribution in [2.24, 2.45) is 0 Å². The first-order chi connectivity index (χ1) is 6.95. The monoisotopic (exact) mass is 214 g/mol. The van der Waals surface area contributed by atoms with Crippen LogP contribution in [0.3, 0.4) is 0 Å². The molecule has 0 amide bonds. The molecule has 0 aliphatic rings. The SMILES string of the molecule is C(=Cc1ccccc1)c1ccccc1.P. The fourth-order valence-electron chi connectivity index (χ4n) is 1.32. The van der Waals surface area contributed by atoms with Crippen LogP contribution in [0.2, 0.25) is 0 Å². The van der Waals surface area contributed by atoms with Gasteiger partial charge in [-0.25, -0.2) is 0 Å². The molecular formula is C14H15P. The molecule has 0 nitrogen and oxygen atoms in total. The smallest absolute Gasteiger partial charge is 0.0256 e. The van der Waals surface area contributed by atoms with Crippen LogP contribution in [0.4, 0.5) is 0 Å². The minimum Gasteiger partial charge on any atom is -0.153 e. The first kappa shape index (κ1) is 11.7. The summed E-state index contributed by atoms with van der Waals surface area (Å²) in [5, 5.41) is 0. The highest BCUT2D eigenvalue weighted by molar-refractivity contribution is 6.92. The molecule has 0 fully saturated rings. The molecular weight excluding hydrogens is 199 g/mol. The zero-order chi connectivity index (χ0) is 9.64. The Hall–Kier alpha value is -1.39. The van der Waals surface area contributed by atoms with Crippen LogP contribution in [-0.4, -0.2) is 0 Å². The van der Waals surface area contributed by atoms with Crippen LogP contribution in [0.5, 0.6) is 0 Å². The molecule has 0 saturated heterocycles. The summed E-state index contributed by atoms with van der Waals surface area (Å²) in [6, 6.07) is 20.6. The topological polar surface area (TPSA) is 0 Å². The van der Waals surface area contributed by atoms with Gasteiger partial charge >= 0.3 is 0 Å². The number of hydrogen-bond acceptors (Lipinski definition) is 0. The summed E-state index contributed by atoms with van der Waals surface area (Å²) in [7, 11) is 0. The minimum atomic E-state index is 0. The second-order valence-electron chi connectivity index (χ2n) is 3.15. The van der Waals surface area contributed by atoms with E-state index < -0.39 is 0 Å². The lowest BCUT2D eigenvalue weighted by atomic mass is 10.1. The Morgan fingerprint density at radius 3 is 1.20 bits per heavy atom. The van der Waals surface area contributed by atoms with Crippen molar-refractivity contribution in [1.29, 1.82) is 0 Å². The summed E-state index contributed by atoms with van der Waals surface area (Å²) in [6.45, 7) is 0. The summed E-state index contributed by atoms with van der Waals surface area (Å²) < 4.78 is 0. The maximum absolute atomic E-state index is 2.12. The van der Waals surface area contributed by atoms with Gasteiger partial charge in [-0.15, -0.1) is 0 Å². The largest absolute Gasteiger partial charge is 0.153 e. The van der Waals surface area contributed by atoms with E-state index in [9.17, 15) is 0 Å². The molecule has 2 aromatic carbocycles. The van der Waals surface area contributed by atoms with Crippen LogP contribution in [0.25, 0.3) is 12.2 Å². The van der Waals surface area contributed by atoms with Gasteiger partial charge in [0, 0.05) is 0 Å². The van der Waals surface area contributed by atoms with Gasteiger partial charge in [-0.1, -0.05) is 72.8 Å². The molecule has 0 spiro atoms. The average Bonchev–Trinajstić information content (AvgIpc) is 2.29. The van der Waals surface area contributed by atoms with E-state index in [1.807, 2.05) is 36.4 Å². The van der Waals surface area contributed by atoms with Crippen molar-refractivity contribution in [3.05, 3.63) is 71.8 Å². The van der Waals surface area contributed by atoms with E-state index in [0.29, 0.717) is 0 Å². The van der Waals surface area contributed by atoms with Gasteiger partial charge in [0.25, 0.3) is 0 Å². The Kier molecular flexibility index (Phi) is 4.80. The fraction of sp³-hybridized carbons (Fsp3) is 0. The quantitative estimate of drug-likeness (QED) is 0.525. The Morgan fingerprint density at radius 1 is 0.533 bits per heavy atom. The van der Waals surface area contributed by atoms with Gasteiger partial charge in [0.15, 0.2) is 0 Å². The van der Waals surface area contributed by atoms with Gasteiger partial charge in [0.05, 0.1) is 0 Å². The Labute approximate surface area is 94.3 Å². The zero-order valence-electron chi connectivity index (χ0n) is 8.64. The summed E-state index contributed by atoms with van der Waals surface area (Å²) in [5.74, 6) is 0. The van der Waals surface area contributed by atoms with Crippen LogP contribution in [0.1, 0.15) is 11.1 Å². The molecule has 76 valence electrons. The first-order valence-electron chi connectivity index (χ1n) is 4.73. The molecule has 2 rings (SSSR count). The molecule has 0 heterocycles. The second kappa shape index (κ2) is 6.16. The normalized spacial score (nSPS) is 9.87. The molecule has 0 radical (unpaired) electrons. The van der Waals surface area contributed by atoms with E-state index >= 15 is 0 Å². The molecule has 1 unspecified atom stereocenters. The van der Waals surface area contributed by atoms with Gasteiger partial charge in [0.2, 0.25) is 0 Å². The van der Waals surface area contributed by atoms with Crippen molar-refractivity contribution >= 4 is 22.1 Å². The first-order valence-corrected chi connectivity index (χ1v) is 4.73. The van der Waals surface area contributed by atoms with Crippen molar-refractivity contribution in [2.75, 3.05) is 0 Å². The van der Waals surface area contributed by atoms with Crippen molar-refractivity contribution in [3.8, 4) is 0 Å². The van der Waals surface area contributed by atoms with Crippen LogP contribution in [0, 0.1) is 0 Å². The van der Waals surface area contributed by atoms with Crippen LogP contribution >= 0.6 is 9.90 Å². The molecule has 1 heteroatoms. The van der Waals surface area contributed by atoms with Crippen molar-refractivity contribution < 1.29 is 0 Å². The van der Waals surface area contributed by atoms with Crippen molar-refractivity contribution in [1.82, 2.24) is 0 Å². The van der Waals surface area contributed by atoms with Gasteiger partial charge < -0.3 is 0 Å². The van der Waals surface area contributed by atoms with Gasteiger partial charge in [-0.05, 0) is 11.1 Å². The molecule has 1 atom stereocenters. The highest BCUT2D eigenvalue weighted by Gasteiger charge is 1.84. The Morgan fingerprint density at radius 2 is 0.867 bits per heavy atom. The standard InChI is InChI=1S/C14H12.H3P/c1-3-7-13(8-4-1)11-12-14-9-5-2-6-10-14;/h1-12H;1H3. The number of hydrogen-bond donors (Lipinski definition) is 0. The maximum atomic E-state index is 2.12. The molecule has 0 N–H and O–H groups in total. The molecule has 0 bridgehead atoms. The van der Waals surface area contributed by atoms with Crippen molar-refractivity contribution in [3.63, 3.8) is 0 Å². The number of benzene rings is 2. The van der Waals surface area contributed by atoms with Gasteiger partial charge in [0.1, 0.15) is 0 Å². The van der Waals surface area contributed by atoms with Crippen LogP contribution < -0.4 is 0 Å². The van der Waals surface area contributed by atoms with Crippen LogP contribution in [-0.2, 0) is 0 Å². The van der Waals surface area contributed by atoms with E-state index in [1.54, 1.807) is 0 Å². The highest BCUT2D eigenvalue weighted by atomic mass is 31.0. The summed E-state index contributed by atoms with van der Waals surface area (Å²) in [5.41, 5.74) is 2.47. The molecule has 15 heavy (non-hydrogen) atoms. The second-order valence-corrected chi connectivity index (χ2v) is 3.15. The lowest BCUT2D eigenvalue weighted by Crippen LogP contribution is -1.70. The third kappa shape index (κ3) is 3.69. The average molecular weight is 214 g/mol. The van der Waals surface area contributed by atoms with Crippen LogP contribution in [0.15, 0.2) is 60.7 Å². The predicted octanol–water partition coefficient (Wildman–Crippen LogP) is 3.92. The summed E-state index contributed by atoms with van der Waals surface area (Å²) in [4.78, 5) is 0. The molecule has 0 aliphatic heterocycles. The van der Waals surface area contributed by atoms with E-state index in [0.717, 1.165) is 0 Å². The lowest BCUT2D eigenvalue weighted by molar-refractivity contribution is 1.65. The molecule has 0 saturated carbocycles. The van der Waals surface area contributed by atoms with E-state index in [-0.39, 0.29) is 9.90 Å². The summed E-state index contributed by atoms with van der Waals surface area (Å²) in [6.07, 6.45) is 4.24. The fourth-order valence-corrected chi connectivity index (χ4v) is 1.32. The van der Waals surface area contributed by atoms with E-state index in [4.69, 9.17) is 0 Å². The zero-order valence-corrected chi connectivity index (χ0v) is 10.0. The van der Waals surface area contributed by atoms with E-state index in [1.165, 1.54) is 11.1 Å². The van der Waals surface area contributed by atoms with E-state index in [2.05, 4.69) is 36.4 Å². The minimum absolute atomic E-state index is 0. The van der Waals surface area contributed by atoms with Gasteiger partial charge in [-0.3, -0.25) is 0 Å². The third-order valence-electron chi connectivity index (χ3n) is 2.07. The van der Waals surface area contributed by atoms with Crippen molar-refractivity contribution in [2.45, 2.75) is 0 Å². The maximum Gasteiger partial charge on any atom is -0.0256 e. The third-order valence-corrected chi connectivity index (χ3v) is 2.07. The molecule has 2 aromatic rings. The number of rotatable bonds is 2. The predicted molar refractivity (Wildman–Crippen MR) is 72.9 cm³/mol. The Bertz CT molecular complexity index is 362. The Balaban J connectivity index is 0.00000112. The highest BCUT2D eigenvalue weighted by Crippen LogP contribution is 2.06. The van der Waals surface area contributed by atoms with Gasteiger partial charge in [-0.2, -0.15) is 9.90 Å². The molecule has 0 aromatic heterocycles. The molecule has 0 aliphatic carbocycles. The summed E-state index contributed by atoms with van der Waals surface area (Å²) >= 11 is 0. The lowest BCUT2D eigenvalue weighted by Gasteiger charge is -1.92.